The third-order valence-electron chi connectivity index (χ3n) is 3.14. The van der Waals surface area contributed by atoms with Crippen molar-refractivity contribution in [1.29, 1.82) is 0 Å². The van der Waals surface area contributed by atoms with Gasteiger partial charge in [0.1, 0.15) is 5.82 Å². The molecule has 2 aromatic heterocycles. The second-order valence-corrected chi connectivity index (χ2v) is 4.78. The summed E-state index contributed by atoms with van der Waals surface area (Å²) in [5, 5.41) is 6.85. The standard InChI is InChI=1S/C11H10ClF3N6/c12-3-7-4-16-5-8(17-7)20-1-2-21-9(6-20)18-19-10(21)11(13,14)15/h4-5H,1-3,6H2. The van der Waals surface area contributed by atoms with Crippen LogP contribution in [-0.2, 0) is 25.1 Å². The molecule has 10 heteroatoms. The van der Waals surface area contributed by atoms with Crippen molar-refractivity contribution in [3.05, 3.63) is 29.7 Å². The van der Waals surface area contributed by atoms with Crippen LogP contribution in [0.1, 0.15) is 17.3 Å². The Bertz CT molecular complexity index is 656. The van der Waals surface area contributed by atoms with E-state index in [1.807, 2.05) is 0 Å². The quantitative estimate of drug-likeness (QED) is 0.791. The van der Waals surface area contributed by atoms with Gasteiger partial charge in [-0.15, -0.1) is 21.8 Å². The summed E-state index contributed by atoms with van der Waals surface area (Å²) in [6.07, 6.45) is -1.40. The maximum Gasteiger partial charge on any atom is 0.451 e. The van der Waals surface area contributed by atoms with E-state index >= 15 is 0 Å². The number of nitrogens with zero attached hydrogens (tertiary/aromatic N) is 6. The molecule has 0 N–H and O–H groups in total. The zero-order valence-corrected chi connectivity index (χ0v) is 11.4. The number of rotatable bonds is 2. The second kappa shape index (κ2) is 5.14. The van der Waals surface area contributed by atoms with Gasteiger partial charge < -0.3 is 9.47 Å². The molecule has 0 spiro atoms. The zero-order valence-electron chi connectivity index (χ0n) is 10.7. The Labute approximate surface area is 122 Å². The van der Waals surface area contributed by atoms with E-state index in [2.05, 4.69) is 20.2 Å². The SMILES string of the molecule is FC(F)(F)c1nnc2n1CCN(c1cncc(CCl)n1)C2. The van der Waals surface area contributed by atoms with Crippen LogP contribution in [-0.4, -0.2) is 31.3 Å². The molecule has 3 heterocycles. The first kappa shape index (κ1) is 14.1. The Morgan fingerprint density at radius 1 is 1.19 bits per heavy atom. The molecule has 3 rings (SSSR count). The summed E-state index contributed by atoms with van der Waals surface area (Å²) in [5.41, 5.74) is 0.609. The molecule has 0 saturated carbocycles. The number of hydrogen-bond donors (Lipinski definition) is 0. The maximum atomic E-state index is 12.8. The number of fused-ring (bicyclic) bond motifs is 1. The predicted octanol–water partition coefficient (Wildman–Crippen LogP) is 1.85. The van der Waals surface area contributed by atoms with Gasteiger partial charge in [0.05, 0.1) is 24.3 Å². The first-order chi connectivity index (χ1) is 9.99. The molecule has 112 valence electrons. The molecule has 0 aromatic carbocycles. The van der Waals surface area contributed by atoms with E-state index in [0.29, 0.717) is 18.1 Å². The van der Waals surface area contributed by atoms with Gasteiger partial charge >= 0.3 is 6.18 Å². The number of anilines is 1. The Kier molecular flexibility index (Phi) is 3.44. The van der Waals surface area contributed by atoms with Gasteiger partial charge in [-0.1, -0.05) is 0 Å². The molecule has 2 aromatic rings. The van der Waals surface area contributed by atoms with Gasteiger partial charge in [0, 0.05) is 19.3 Å². The van der Waals surface area contributed by atoms with Crippen LogP contribution < -0.4 is 4.90 Å². The highest BCUT2D eigenvalue weighted by atomic mass is 35.5. The van der Waals surface area contributed by atoms with E-state index in [1.54, 1.807) is 17.3 Å². The fourth-order valence-electron chi connectivity index (χ4n) is 2.17. The van der Waals surface area contributed by atoms with E-state index in [9.17, 15) is 13.2 Å². The molecule has 0 fully saturated rings. The summed E-state index contributed by atoms with van der Waals surface area (Å²) in [5.74, 6) is 0.0867. The molecule has 0 amide bonds. The molecule has 1 aliphatic heterocycles. The lowest BCUT2D eigenvalue weighted by Crippen LogP contribution is -2.36. The van der Waals surface area contributed by atoms with E-state index in [1.165, 1.54) is 0 Å². The molecule has 6 nitrogen and oxygen atoms in total. The van der Waals surface area contributed by atoms with E-state index < -0.39 is 12.0 Å². The van der Waals surface area contributed by atoms with Gasteiger partial charge in [-0.3, -0.25) is 4.98 Å². The highest BCUT2D eigenvalue weighted by Gasteiger charge is 2.39. The smallest absolute Gasteiger partial charge is 0.346 e. The third kappa shape index (κ3) is 2.65. The second-order valence-electron chi connectivity index (χ2n) is 4.51. The average Bonchev–Trinajstić information content (AvgIpc) is 2.90. The van der Waals surface area contributed by atoms with E-state index in [4.69, 9.17) is 11.6 Å². The van der Waals surface area contributed by atoms with Crippen molar-refractivity contribution in [1.82, 2.24) is 24.7 Å². The summed E-state index contributed by atoms with van der Waals surface area (Å²) in [6, 6.07) is 0. The van der Waals surface area contributed by atoms with Crippen LogP contribution in [0.15, 0.2) is 12.4 Å². The number of aromatic nitrogens is 5. The highest BCUT2D eigenvalue weighted by molar-refractivity contribution is 6.16. The lowest BCUT2D eigenvalue weighted by Gasteiger charge is -2.28. The molecule has 0 aliphatic carbocycles. The van der Waals surface area contributed by atoms with Gasteiger partial charge in [0.2, 0.25) is 5.82 Å². The first-order valence-corrected chi connectivity index (χ1v) is 6.63. The van der Waals surface area contributed by atoms with Crippen LogP contribution in [0, 0.1) is 0 Å². The van der Waals surface area contributed by atoms with Crippen LogP contribution in [0.25, 0.3) is 0 Å². The molecular weight excluding hydrogens is 309 g/mol. The fraction of sp³-hybridized carbons (Fsp3) is 0.455. The highest BCUT2D eigenvalue weighted by Crippen LogP contribution is 2.30. The maximum absolute atomic E-state index is 12.8. The Morgan fingerprint density at radius 3 is 2.71 bits per heavy atom. The Balaban J connectivity index is 1.86. The van der Waals surface area contributed by atoms with Crippen LogP contribution in [0.4, 0.5) is 19.0 Å². The zero-order chi connectivity index (χ0) is 15.0. The molecular formula is C11H10ClF3N6. The largest absolute Gasteiger partial charge is 0.451 e. The Morgan fingerprint density at radius 2 is 2.00 bits per heavy atom. The van der Waals surface area contributed by atoms with Crippen molar-refractivity contribution in [2.75, 3.05) is 11.4 Å². The minimum atomic E-state index is -4.49. The van der Waals surface area contributed by atoms with Gasteiger partial charge in [0.15, 0.2) is 5.82 Å². The number of halogens is 4. The van der Waals surface area contributed by atoms with Crippen molar-refractivity contribution < 1.29 is 13.2 Å². The summed E-state index contributed by atoms with van der Waals surface area (Å²) in [6.45, 7) is 0.710. The summed E-state index contributed by atoms with van der Waals surface area (Å²) in [7, 11) is 0. The van der Waals surface area contributed by atoms with Crippen LogP contribution in [0.2, 0.25) is 0 Å². The number of alkyl halides is 4. The molecule has 1 aliphatic rings. The van der Waals surface area contributed by atoms with Crippen LogP contribution in [0.3, 0.4) is 0 Å². The minimum absolute atomic E-state index is 0.143. The van der Waals surface area contributed by atoms with Gasteiger partial charge in [0.25, 0.3) is 0 Å². The van der Waals surface area contributed by atoms with Crippen molar-refractivity contribution in [3.8, 4) is 0 Å². The van der Waals surface area contributed by atoms with Gasteiger partial charge in [-0.25, -0.2) is 4.98 Å². The minimum Gasteiger partial charge on any atom is -0.346 e. The fourth-order valence-corrected chi connectivity index (χ4v) is 2.30. The van der Waals surface area contributed by atoms with Crippen LogP contribution >= 0.6 is 11.6 Å². The lowest BCUT2D eigenvalue weighted by molar-refractivity contribution is -0.147. The lowest BCUT2D eigenvalue weighted by atomic mass is 10.3. The van der Waals surface area contributed by atoms with E-state index in [0.717, 1.165) is 4.57 Å². The monoisotopic (exact) mass is 318 g/mol. The molecule has 0 radical (unpaired) electrons. The molecule has 0 saturated heterocycles. The third-order valence-corrected chi connectivity index (χ3v) is 3.41. The van der Waals surface area contributed by atoms with Crippen molar-refractivity contribution in [3.63, 3.8) is 0 Å². The first-order valence-electron chi connectivity index (χ1n) is 6.10. The van der Waals surface area contributed by atoms with Gasteiger partial charge in [-0.2, -0.15) is 13.2 Å². The topological polar surface area (TPSA) is 59.7 Å². The van der Waals surface area contributed by atoms with E-state index in [-0.39, 0.29) is 24.8 Å². The Hall–Kier alpha value is -1.90. The average molecular weight is 319 g/mol. The predicted molar refractivity (Wildman–Crippen MR) is 67.7 cm³/mol. The number of hydrogen-bond acceptors (Lipinski definition) is 5. The van der Waals surface area contributed by atoms with Crippen molar-refractivity contribution in [2.24, 2.45) is 0 Å². The summed E-state index contributed by atoms with van der Waals surface area (Å²) < 4.78 is 39.4. The van der Waals surface area contributed by atoms with Crippen LogP contribution in [0.5, 0.6) is 0 Å². The molecule has 0 unspecified atom stereocenters. The molecule has 0 bridgehead atoms. The molecule has 21 heavy (non-hydrogen) atoms. The molecule has 0 atom stereocenters. The normalized spacial score (nSPS) is 15.1. The van der Waals surface area contributed by atoms with Crippen molar-refractivity contribution >= 4 is 17.4 Å². The van der Waals surface area contributed by atoms with Gasteiger partial charge in [-0.05, 0) is 0 Å². The van der Waals surface area contributed by atoms with Crippen molar-refractivity contribution in [2.45, 2.75) is 25.1 Å². The summed E-state index contributed by atoms with van der Waals surface area (Å²) >= 11 is 5.70. The summed E-state index contributed by atoms with van der Waals surface area (Å²) in [4.78, 5) is 10.1.